The van der Waals surface area contributed by atoms with Gasteiger partial charge in [0.05, 0.1) is 13.2 Å². The molecule has 0 radical (unpaired) electrons. The molecular formula is C20H28N2O6. The van der Waals surface area contributed by atoms with Crippen molar-refractivity contribution in [1.82, 2.24) is 10.2 Å². The van der Waals surface area contributed by atoms with Gasteiger partial charge in [-0.3, -0.25) is 4.79 Å². The van der Waals surface area contributed by atoms with Gasteiger partial charge in [-0.1, -0.05) is 30.3 Å². The Hall–Kier alpha value is -2.61. The van der Waals surface area contributed by atoms with Crippen LogP contribution in [0.2, 0.25) is 0 Å². The standard InChI is InChI=1S/C20H28N2O6/c1-20(2,3)28-19(26)21-15(18(24)25)9-10-17(23)22-11-12-27-16(13-22)14-7-5-4-6-8-14/h4-8,15-16H,9-13H2,1-3H3,(H,21,26)(H,24,25). The zero-order valence-corrected chi connectivity index (χ0v) is 16.5. The molecule has 2 atom stereocenters. The van der Waals surface area contributed by atoms with Gasteiger partial charge in [-0.05, 0) is 32.8 Å². The minimum absolute atomic E-state index is 0.00821. The van der Waals surface area contributed by atoms with Crippen molar-refractivity contribution in [2.45, 2.75) is 51.4 Å². The van der Waals surface area contributed by atoms with Crippen molar-refractivity contribution in [1.29, 1.82) is 0 Å². The van der Waals surface area contributed by atoms with Crippen LogP contribution < -0.4 is 5.32 Å². The molecule has 2 unspecified atom stereocenters. The Kier molecular flexibility index (Phi) is 7.39. The van der Waals surface area contributed by atoms with E-state index >= 15 is 0 Å². The van der Waals surface area contributed by atoms with Crippen molar-refractivity contribution in [3.05, 3.63) is 35.9 Å². The fourth-order valence-corrected chi connectivity index (χ4v) is 2.88. The van der Waals surface area contributed by atoms with Crippen LogP contribution in [-0.2, 0) is 19.1 Å². The molecule has 1 aliphatic rings. The van der Waals surface area contributed by atoms with E-state index in [1.807, 2.05) is 30.3 Å². The highest BCUT2D eigenvalue weighted by molar-refractivity contribution is 5.82. The van der Waals surface area contributed by atoms with Crippen LogP contribution in [0.1, 0.15) is 45.3 Å². The Balaban J connectivity index is 1.88. The van der Waals surface area contributed by atoms with Gasteiger partial charge in [0.2, 0.25) is 5.91 Å². The number of morpholine rings is 1. The highest BCUT2D eigenvalue weighted by atomic mass is 16.6. The second-order valence-corrected chi connectivity index (χ2v) is 7.69. The van der Waals surface area contributed by atoms with Crippen LogP contribution >= 0.6 is 0 Å². The Morgan fingerprint density at radius 1 is 1.29 bits per heavy atom. The molecule has 154 valence electrons. The van der Waals surface area contributed by atoms with Gasteiger partial charge in [-0.15, -0.1) is 0 Å². The van der Waals surface area contributed by atoms with Crippen LogP contribution in [0, 0.1) is 0 Å². The SMILES string of the molecule is CC(C)(C)OC(=O)NC(CCC(=O)N1CCOC(c2ccccc2)C1)C(=O)O. The van der Waals surface area contributed by atoms with Crippen LogP contribution in [-0.4, -0.2) is 59.3 Å². The van der Waals surface area contributed by atoms with E-state index in [2.05, 4.69) is 5.32 Å². The predicted molar refractivity (Wildman–Crippen MR) is 102 cm³/mol. The first-order valence-electron chi connectivity index (χ1n) is 9.32. The number of ether oxygens (including phenoxy) is 2. The molecule has 1 aromatic carbocycles. The molecule has 2 N–H and O–H groups in total. The number of nitrogens with zero attached hydrogens (tertiary/aromatic N) is 1. The van der Waals surface area contributed by atoms with Gasteiger partial charge in [0.15, 0.2) is 0 Å². The molecule has 1 fully saturated rings. The van der Waals surface area contributed by atoms with Crippen molar-refractivity contribution < 1.29 is 29.0 Å². The smallest absolute Gasteiger partial charge is 0.408 e. The van der Waals surface area contributed by atoms with Gasteiger partial charge in [0, 0.05) is 13.0 Å². The van der Waals surface area contributed by atoms with Gasteiger partial charge in [0.25, 0.3) is 0 Å². The summed E-state index contributed by atoms with van der Waals surface area (Å²) < 4.78 is 10.8. The average Bonchev–Trinajstić information content (AvgIpc) is 2.64. The number of hydrogen-bond donors (Lipinski definition) is 2. The van der Waals surface area contributed by atoms with Crippen LogP contribution in [0.3, 0.4) is 0 Å². The second-order valence-electron chi connectivity index (χ2n) is 7.69. The lowest BCUT2D eigenvalue weighted by atomic mass is 10.1. The zero-order chi connectivity index (χ0) is 20.7. The van der Waals surface area contributed by atoms with Crippen LogP contribution in [0.15, 0.2) is 30.3 Å². The molecule has 0 aliphatic carbocycles. The van der Waals surface area contributed by atoms with E-state index < -0.39 is 23.7 Å². The molecule has 2 amide bonds. The highest BCUT2D eigenvalue weighted by Crippen LogP contribution is 2.22. The monoisotopic (exact) mass is 392 g/mol. The Bertz CT molecular complexity index is 686. The average molecular weight is 392 g/mol. The summed E-state index contributed by atoms with van der Waals surface area (Å²) in [5, 5.41) is 11.6. The van der Waals surface area contributed by atoms with E-state index in [0.717, 1.165) is 5.56 Å². The van der Waals surface area contributed by atoms with Crippen molar-refractivity contribution in [3.8, 4) is 0 Å². The summed E-state index contributed by atoms with van der Waals surface area (Å²) >= 11 is 0. The molecule has 1 heterocycles. The summed E-state index contributed by atoms with van der Waals surface area (Å²) in [4.78, 5) is 37.4. The molecule has 0 spiro atoms. The topological polar surface area (TPSA) is 105 Å². The quantitative estimate of drug-likeness (QED) is 0.770. The number of carbonyl (C=O) groups is 3. The summed E-state index contributed by atoms with van der Waals surface area (Å²) in [5.41, 5.74) is 0.262. The highest BCUT2D eigenvalue weighted by Gasteiger charge is 2.28. The number of aliphatic carboxylic acids is 1. The number of carboxylic acid groups (broad SMARTS) is 1. The van der Waals surface area contributed by atoms with E-state index in [4.69, 9.17) is 9.47 Å². The third kappa shape index (κ3) is 6.84. The minimum atomic E-state index is -1.21. The van der Waals surface area contributed by atoms with E-state index in [9.17, 15) is 19.5 Å². The van der Waals surface area contributed by atoms with Crippen molar-refractivity contribution in [2.75, 3.05) is 19.7 Å². The van der Waals surface area contributed by atoms with Gasteiger partial charge >= 0.3 is 12.1 Å². The van der Waals surface area contributed by atoms with Gasteiger partial charge in [-0.2, -0.15) is 0 Å². The summed E-state index contributed by atoms with van der Waals surface area (Å²) in [6, 6.07) is 8.45. The predicted octanol–water partition coefficient (Wildman–Crippen LogP) is 2.34. The summed E-state index contributed by atoms with van der Waals surface area (Å²) in [6.45, 7) is 6.36. The first-order chi connectivity index (χ1) is 13.2. The Labute approximate surface area is 164 Å². The molecule has 28 heavy (non-hydrogen) atoms. The lowest BCUT2D eigenvalue weighted by molar-refractivity contribution is -0.141. The number of hydrogen-bond acceptors (Lipinski definition) is 5. The second kappa shape index (κ2) is 9.54. The van der Waals surface area contributed by atoms with E-state index in [-0.39, 0.29) is 24.9 Å². The maximum Gasteiger partial charge on any atom is 0.408 e. The fraction of sp³-hybridized carbons (Fsp3) is 0.550. The maximum atomic E-state index is 12.6. The largest absolute Gasteiger partial charge is 0.480 e. The number of nitrogens with one attached hydrogen (secondary N) is 1. The molecule has 1 aromatic rings. The minimum Gasteiger partial charge on any atom is -0.480 e. The third-order valence-electron chi connectivity index (χ3n) is 4.23. The first kappa shape index (κ1) is 21.7. The van der Waals surface area contributed by atoms with Gasteiger partial charge in [-0.25, -0.2) is 9.59 Å². The first-order valence-corrected chi connectivity index (χ1v) is 9.32. The number of rotatable bonds is 6. The number of carboxylic acids is 1. The Morgan fingerprint density at radius 2 is 1.96 bits per heavy atom. The summed E-state index contributed by atoms with van der Waals surface area (Å²) in [5.74, 6) is -1.37. The normalized spacial score (nSPS) is 18.2. The van der Waals surface area contributed by atoms with Crippen molar-refractivity contribution in [3.63, 3.8) is 0 Å². The summed E-state index contributed by atoms with van der Waals surface area (Å²) in [7, 11) is 0. The molecule has 1 saturated heterocycles. The van der Waals surface area contributed by atoms with Crippen molar-refractivity contribution >= 4 is 18.0 Å². The molecule has 8 nitrogen and oxygen atoms in total. The third-order valence-corrected chi connectivity index (χ3v) is 4.23. The molecular weight excluding hydrogens is 364 g/mol. The summed E-state index contributed by atoms with van der Waals surface area (Å²) in [6.07, 6.45) is -1.02. The number of carbonyl (C=O) groups excluding carboxylic acids is 2. The van der Waals surface area contributed by atoms with Gasteiger partial charge in [0.1, 0.15) is 17.7 Å². The van der Waals surface area contributed by atoms with Crippen molar-refractivity contribution in [2.24, 2.45) is 0 Å². The lowest BCUT2D eigenvalue weighted by Gasteiger charge is -2.33. The van der Waals surface area contributed by atoms with Crippen LogP contribution in [0.25, 0.3) is 0 Å². The molecule has 8 heteroatoms. The number of benzene rings is 1. The molecule has 0 aromatic heterocycles. The Morgan fingerprint density at radius 3 is 2.57 bits per heavy atom. The van der Waals surface area contributed by atoms with Gasteiger partial charge < -0.3 is 24.8 Å². The lowest BCUT2D eigenvalue weighted by Crippen LogP contribution is -2.45. The zero-order valence-electron chi connectivity index (χ0n) is 16.5. The maximum absolute atomic E-state index is 12.6. The number of amides is 2. The van der Waals surface area contributed by atoms with E-state index in [0.29, 0.717) is 19.7 Å². The molecule has 2 rings (SSSR count). The number of alkyl carbamates (subject to hydrolysis) is 1. The van der Waals surface area contributed by atoms with Crippen LogP contribution in [0.5, 0.6) is 0 Å². The fourth-order valence-electron chi connectivity index (χ4n) is 2.88. The molecule has 0 bridgehead atoms. The van der Waals surface area contributed by atoms with E-state index in [1.165, 1.54) is 0 Å². The van der Waals surface area contributed by atoms with E-state index in [1.54, 1.807) is 25.7 Å². The van der Waals surface area contributed by atoms with Crippen LogP contribution in [0.4, 0.5) is 4.79 Å². The molecule has 0 saturated carbocycles. The molecule has 1 aliphatic heterocycles.